The first-order valence-corrected chi connectivity index (χ1v) is 6.05. The molecule has 1 aromatic heterocycles. The smallest absolute Gasteiger partial charge is 0.376 e. The van der Waals surface area contributed by atoms with Gasteiger partial charge in [0.25, 0.3) is 0 Å². The van der Waals surface area contributed by atoms with Crippen LogP contribution in [0.25, 0.3) is 0 Å². The van der Waals surface area contributed by atoms with Gasteiger partial charge in [-0.15, -0.1) is 0 Å². The largest absolute Gasteiger partial charge is 0.463 e. The van der Waals surface area contributed by atoms with Crippen LogP contribution in [0.15, 0.2) is 6.07 Å². The summed E-state index contributed by atoms with van der Waals surface area (Å²) in [7, 11) is 1.30. The van der Waals surface area contributed by atoms with Gasteiger partial charge in [0.1, 0.15) is 5.82 Å². The highest BCUT2D eigenvalue weighted by Crippen LogP contribution is 2.16. The third-order valence-electron chi connectivity index (χ3n) is 2.88. The highest BCUT2D eigenvalue weighted by molar-refractivity contribution is 5.85. The van der Waals surface area contributed by atoms with E-state index in [1.165, 1.54) is 7.11 Å². The van der Waals surface area contributed by atoms with Crippen molar-refractivity contribution in [1.82, 2.24) is 9.97 Å². The number of aromatic nitrogens is 2. The van der Waals surface area contributed by atoms with Crippen molar-refractivity contribution in [2.45, 2.75) is 13.0 Å². The molecule has 2 rings (SSSR count). The monoisotopic (exact) mass is 267 g/mol. The SMILES string of the molecule is COC(=O)c1nc(C)cc(N2CCOC(CO)C2)n1. The van der Waals surface area contributed by atoms with Gasteiger partial charge < -0.3 is 19.5 Å². The Morgan fingerprint density at radius 1 is 1.63 bits per heavy atom. The van der Waals surface area contributed by atoms with Crippen LogP contribution in [0.5, 0.6) is 0 Å². The predicted molar refractivity (Wildman–Crippen MR) is 67.1 cm³/mol. The van der Waals surface area contributed by atoms with Gasteiger partial charge in [0, 0.05) is 24.8 Å². The topological polar surface area (TPSA) is 84.8 Å². The number of aryl methyl sites for hydroxylation is 1. The van der Waals surface area contributed by atoms with Crippen molar-refractivity contribution in [1.29, 1.82) is 0 Å². The molecule has 1 N–H and O–H groups in total. The molecule has 0 amide bonds. The maximum absolute atomic E-state index is 11.5. The van der Waals surface area contributed by atoms with E-state index in [-0.39, 0.29) is 18.5 Å². The Kier molecular flexibility index (Phi) is 4.28. The van der Waals surface area contributed by atoms with E-state index in [2.05, 4.69) is 14.7 Å². The van der Waals surface area contributed by atoms with E-state index >= 15 is 0 Å². The minimum absolute atomic E-state index is 0.0373. The molecule has 7 heteroatoms. The zero-order chi connectivity index (χ0) is 13.8. The van der Waals surface area contributed by atoms with E-state index in [1.807, 2.05) is 4.90 Å². The molecule has 0 aliphatic carbocycles. The molecule has 0 bridgehead atoms. The van der Waals surface area contributed by atoms with Gasteiger partial charge in [-0.1, -0.05) is 0 Å². The molecule has 1 aromatic rings. The third kappa shape index (κ3) is 3.18. The van der Waals surface area contributed by atoms with Gasteiger partial charge in [-0.05, 0) is 6.92 Å². The summed E-state index contributed by atoms with van der Waals surface area (Å²) in [5.41, 5.74) is 0.692. The standard InChI is InChI=1S/C12H17N3O4/c1-8-5-10(14-11(13-8)12(17)18-2)15-3-4-19-9(6-15)7-16/h5,9,16H,3-4,6-7H2,1-2H3. The summed E-state index contributed by atoms with van der Waals surface area (Å²) in [6.45, 7) is 3.47. The fraction of sp³-hybridized carbons (Fsp3) is 0.583. The highest BCUT2D eigenvalue weighted by Gasteiger charge is 2.22. The van der Waals surface area contributed by atoms with E-state index in [4.69, 9.17) is 9.84 Å². The lowest BCUT2D eigenvalue weighted by atomic mass is 10.2. The maximum atomic E-state index is 11.5. The average molecular weight is 267 g/mol. The Morgan fingerprint density at radius 3 is 3.11 bits per heavy atom. The first-order chi connectivity index (χ1) is 9.13. The molecule has 1 aliphatic rings. The summed E-state index contributed by atoms with van der Waals surface area (Å²) >= 11 is 0. The fourth-order valence-corrected chi connectivity index (χ4v) is 1.93. The molecule has 0 radical (unpaired) electrons. The van der Waals surface area contributed by atoms with Crippen molar-refractivity contribution >= 4 is 11.8 Å². The van der Waals surface area contributed by atoms with E-state index in [0.717, 1.165) is 0 Å². The van der Waals surface area contributed by atoms with Crippen molar-refractivity contribution in [2.24, 2.45) is 0 Å². The summed E-state index contributed by atoms with van der Waals surface area (Å²) in [6, 6.07) is 1.80. The summed E-state index contributed by atoms with van der Waals surface area (Å²) in [6.07, 6.45) is -0.231. The van der Waals surface area contributed by atoms with E-state index in [9.17, 15) is 4.79 Å². The number of aliphatic hydroxyl groups excluding tert-OH is 1. The summed E-state index contributed by atoms with van der Waals surface area (Å²) < 4.78 is 10.0. The van der Waals surface area contributed by atoms with Crippen LogP contribution in [-0.4, -0.2) is 60.6 Å². The zero-order valence-electron chi connectivity index (χ0n) is 11.0. The molecular formula is C12H17N3O4. The predicted octanol–water partition coefficient (Wildman–Crippen LogP) is -0.231. The van der Waals surface area contributed by atoms with Crippen LogP contribution in [0.3, 0.4) is 0 Å². The van der Waals surface area contributed by atoms with Crippen LogP contribution < -0.4 is 4.90 Å². The van der Waals surface area contributed by atoms with Gasteiger partial charge in [-0.3, -0.25) is 0 Å². The molecule has 19 heavy (non-hydrogen) atoms. The van der Waals surface area contributed by atoms with Crippen molar-refractivity contribution in [3.63, 3.8) is 0 Å². The van der Waals surface area contributed by atoms with Crippen LogP contribution in [0.1, 0.15) is 16.3 Å². The number of anilines is 1. The van der Waals surface area contributed by atoms with Gasteiger partial charge >= 0.3 is 5.97 Å². The summed E-state index contributed by atoms with van der Waals surface area (Å²) in [5, 5.41) is 9.13. The van der Waals surface area contributed by atoms with Crippen LogP contribution in [0, 0.1) is 6.92 Å². The molecule has 104 valence electrons. The second-order valence-electron chi connectivity index (χ2n) is 4.30. The van der Waals surface area contributed by atoms with Crippen LogP contribution in [0.4, 0.5) is 5.82 Å². The van der Waals surface area contributed by atoms with Gasteiger partial charge in [-0.25, -0.2) is 14.8 Å². The summed E-state index contributed by atoms with van der Waals surface area (Å²) in [4.78, 5) is 21.7. The van der Waals surface area contributed by atoms with Crippen LogP contribution in [0.2, 0.25) is 0 Å². The first kappa shape index (κ1) is 13.7. The quantitative estimate of drug-likeness (QED) is 0.757. The van der Waals surface area contributed by atoms with Crippen molar-refractivity contribution < 1.29 is 19.4 Å². The molecule has 7 nitrogen and oxygen atoms in total. The van der Waals surface area contributed by atoms with Crippen molar-refractivity contribution in [3.8, 4) is 0 Å². The van der Waals surface area contributed by atoms with E-state index in [0.29, 0.717) is 31.2 Å². The Morgan fingerprint density at radius 2 is 2.42 bits per heavy atom. The van der Waals surface area contributed by atoms with Gasteiger partial charge in [0.15, 0.2) is 0 Å². The van der Waals surface area contributed by atoms with Gasteiger partial charge in [0.05, 0.1) is 26.4 Å². The third-order valence-corrected chi connectivity index (χ3v) is 2.88. The fourth-order valence-electron chi connectivity index (χ4n) is 1.93. The number of morpholine rings is 1. The Labute approximate surface area is 111 Å². The molecule has 1 atom stereocenters. The first-order valence-electron chi connectivity index (χ1n) is 6.05. The molecule has 1 saturated heterocycles. The number of hydrogen-bond donors (Lipinski definition) is 1. The van der Waals surface area contributed by atoms with Crippen molar-refractivity contribution in [3.05, 3.63) is 17.6 Å². The Balaban J connectivity index is 2.24. The van der Waals surface area contributed by atoms with E-state index < -0.39 is 5.97 Å². The highest BCUT2D eigenvalue weighted by atomic mass is 16.5. The Hall–Kier alpha value is -1.73. The second kappa shape index (κ2) is 5.94. The second-order valence-corrected chi connectivity index (χ2v) is 4.30. The molecule has 0 spiro atoms. The molecule has 1 aliphatic heterocycles. The molecule has 0 saturated carbocycles. The normalized spacial score (nSPS) is 19.3. The molecule has 1 fully saturated rings. The van der Waals surface area contributed by atoms with Gasteiger partial charge in [0.2, 0.25) is 5.82 Å². The number of ether oxygens (including phenoxy) is 2. The number of methoxy groups -OCH3 is 1. The lowest BCUT2D eigenvalue weighted by Gasteiger charge is -2.33. The number of carbonyl (C=O) groups is 1. The van der Waals surface area contributed by atoms with Crippen LogP contribution in [-0.2, 0) is 9.47 Å². The molecule has 1 unspecified atom stereocenters. The number of hydrogen-bond acceptors (Lipinski definition) is 7. The number of nitrogens with zero attached hydrogens (tertiary/aromatic N) is 3. The lowest BCUT2D eigenvalue weighted by Crippen LogP contribution is -2.44. The van der Waals surface area contributed by atoms with Crippen molar-refractivity contribution in [2.75, 3.05) is 38.3 Å². The maximum Gasteiger partial charge on any atom is 0.376 e. The minimum atomic E-state index is -0.558. The number of rotatable bonds is 3. The molecule has 0 aromatic carbocycles. The summed E-state index contributed by atoms with van der Waals surface area (Å²) in [5.74, 6) is 0.135. The van der Waals surface area contributed by atoms with Crippen LogP contribution >= 0.6 is 0 Å². The Bertz CT molecular complexity index is 466. The average Bonchev–Trinajstić information content (AvgIpc) is 2.45. The lowest BCUT2D eigenvalue weighted by molar-refractivity contribution is 0.00334. The van der Waals surface area contributed by atoms with Gasteiger partial charge in [-0.2, -0.15) is 0 Å². The number of esters is 1. The molecular weight excluding hydrogens is 250 g/mol. The number of aliphatic hydroxyl groups is 1. The number of carbonyl (C=O) groups excluding carboxylic acids is 1. The zero-order valence-corrected chi connectivity index (χ0v) is 11.0. The minimum Gasteiger partial charge on any atom is -0.463 e. The molecule has 2 heterocycles. The van der Waals surface area contributed by atoms with E-state index in [1.54, 1.807) is 13.0 Å².